The van der Waals surface area contributed by atoms with E-state index in [4.69, 9.17) is 0 Å². The first-order valence-corrected chi connectivity index (χ1v) is 9.90. The zero-order chi connectivity index (χ0) is 17.4. The Balaban J connectivity index is 2.20. The van der Waals surface area contributed by atoms with Crippen LogP contribution in [0.2, 0.25) is 0 Å². The minimum absolute atomic E-state index is 0.000325. The summed E-state index contributed by atoms with van der Waals surface area (Å²) in [5, 5.41) is 0. The maximum absolute atomic E-state index is 12.9. The van der Waals surface area contributed by atoms with Crippen molar-refractivity contribution < 1.29 is 13.2 Å². The van der Waals surface area contributed by atoms with Crippen molar-refractivity contribution in [2.75, 3.05) is 32.4 Å². The number of hydrogen-bond donors (Lipinski definition) is 0. The molecule has 0 radical (unpaired) electrons. The fraction of sp³-hybridized carbons (Fsp3) is 0.688. The summed E-state index contributed by atoms with van der Waals surface area (Å²) in [4.78, 5) is 14.6. The fourth-order valence-corrected chi connectivity index (χ4v) is 4.26. The summed E-state index contributed by atoms with van der Waals surface area (Å²) in [6, 6.07) is 2.25. The topological polar surface area (TPSA) is 62.6 Å². The molecule has 0 saturated carbocycles. The van der Waals surface area contributed by atoms with Gasteiger partial charge in [0.15, 0.2) is 0 Å². The molecular formula is C16H27N3O3S. The molecule has 130 valence electrons. The third-order valence-electron chi connectivity index (χ3n) is 4.44. The van der Waals surface area contributed by atoms with Gasteiger partial charge in [-0.1, -0.05) is 0 Å². The quantitative estimate of drug-likeness (QED) is 0.842. The lowest BCUT2D eigenvalue weighted by atomic mass is 10.2. The Hall–Kier alpha value is -1.34. The first kappa shape index (κ1) is 18.0. The first-order valence-electron chi connectivity index (χ1n) is 8.05. The van der Waals surface area contributed by atoms with Gasteiger partial charge in [0.05, 0.1) is 11.8 Å². The standard InChI is InChI=1S/C16H27N3O3S/c1-12(2)19-13(3)11-15(14(19)4)16(20)17-7-6-8-18(10-9-17)23(5,21)22/h11-12H,6-10H2,1-5H3. The molecule has 1 amide bonds. The summed E-state index contributed by atoms with van der Waals surface area (Å²) in [5.74, 6) is 0.000325. The molecule has 1 saturated heterocycles. The van der Waals surface area contributed by atoms with E-state index in [9.17, 15) is 13.2 Å². The number of nitrogens with zero attached hydrogens (tertiary/aromatic N) is 3. The van der Waals surface area contributed by atoms with E-state index >= 15 is 0 Å². The number of aromatic nitrogens is 1. The predicted octanol–water partition coefficient (Wildman–Crippen LogP) is 1.79. The molecule has 0 bridgehead atoms. The Morgan fingerprint density at radius 1 is 1.13 bits per heavy atom. The molecule has 2 rings (SSSR count). The van der Waals surface area contributed by atoms with Crippen LogP contribution >= 0.6 is 0 Å². The molecule has 6 nitrogen and oxygen atoms in total. The number of carbonyl (C=O) groups excluding carboxylic acids is 1. The van der Waals surface area contributed by atoms with Gasteiger partial charge in [-0.3, -0.25) is 4.79 Å². The molecule has 1 fully saturated rings. The molecule has 0 N–H and O–H groups in total. The first-order chi connectivity index (χ1) is 10.6. The van der Waals surface area contributed by atoms with Gasteiger partial charge in [0.2, 0.25) is 10.0 Å². The Morgan fingerprint density at radius 3 is 2.30 bits per heavy atom. The highest BCUT2D eigenvalue weighted by Crippen LogP contribution is 2.22. The van der Waals surface area contributed by atoms with Crippen molar-refractivity contribution in [1.29, 1.82) is 0 Å². The van der Waals surface area contributed by atoms with E-state index in [0.717, 1.165) is 17.0 Å². The summed E-state index contributed by atoms with van der Waals surface area (Å²) in [6.45, 7) is 10.1. The summed E-state index contributed by atoms with van der Waals surface area (Å²) in [7, 11) is -3.19. The second kappa shape index (κ2) is 6.65. The minimum atomic E-state index is -3.19. The smallest absolute Gasteiger partial charge is 0.255 e. The SMILES string of the molecule is Cc1cc(C(=O)N2CCCN(S(C)(=O)=O)CC2)c(C)n1C(C)C. The van der Waals surface area contributed by atoms with Gasteiger partial charge in [0.25, 0.3) is 5.91 Å². The van der Waals surface area contributed by atoms with Crippen molar-refractivity contribution in [2.24, 2.45) is 0 Å². The van der Waals surface area contributed by atoms with Crippen LogP contribution in [0.4, 0.5) is 0 Å². The van der Waals surface area contributed by atoms with Crippen LogP contribution in [0.5, 0.6) is 0 Å². The van der Waals surface area contributed by atoms with Gasteiger partial charge in [-0.05, 0) is 40.2 Å². The average molecular weight is 341 g/mol. The minimum Gasteiger partial charge on any atom is -0.346 e. The van der Waals surface area contributed by atoms with Crippen molar-refractivity contribution in [3.63, 3.8) is 0 Å². The highest BCUT2D eigenvalue weighted by Gasteiger charge is 2.26. The molecule has 1 aliphatic rings. The molecular weight excluding hydrogens is 314 g/mol. The molecule has 7 heteroatoms. The van der Waals surface area contributed by atoms with Crippen LogP contribution in [0.25, 0.3) is 0 Å². The molecule has 1 aromatic rings. The summed E-state index contributed by atoms with van der Waals surface area (Å²) >= 11 is 0. The predicted molar refractivity (Wildman–Crippen MR) is 91.2 cm³/mol. The highest BCUT2D eigenvalue weighted by molar-refractivity contribution is 7.88. The second-order valence-electron chi connectivity index (χ2n) is 6.56. The van der Waals surface area contributed by atoms with Gasteiger partial charge in [0.1, 0.15) is 0 Å². The zero-order valence-corrected chi connectivity index (χ0v) is 15.5. The number of rotatable bonds is 3. The molecule has 0 aliphatic carbocycles. The van der Waals surface area contributed by atoms with E-state index in [1.807, 2.05) is 19.9 Å². The molecule has 1 aliphatic heterocycles. The van der Waals surface area contributed by atoms with Crippen LogP contribution in [0.3, 0.4) is 0 Å². The normalized spacial score (nSPS) is 17.6. The second-order valence-corrected chi connectivity index (χ2v) is 8.54. The van der Waals surface area contributed by atoms with Gasteiger partial charge >= 0.3 is 0 Å². The summed E-state index contributed by atoms with van der Waals surface area (Å²) in [6.07, 6.45) is 1.89. The van der Waals surface area contributed by atoms with Crippen molar-refractivity contribution in [3.05, 3.63) is 23.0 Å². The summed E-state index contributed by atoms with van der Waals surface area (Å²) in [5.41, 5.74) is 2.78. The lowest BCUT2D eigenvalue weighted by Crippen LogP contribution is -2.37. The van der Waals surface area contributed by atoms with Gasteiger partial charge in [-0.15, -0.1) is 0 Å². The van der Waals surface area contributed by atoms with E-state index in [0.29, 0.717) is 38.6 Å². The molecule has 0 unspecified atom stereocenters. The molecule has 0 spiro atoms. The number of aryl methyl sites for hydroxylation is 1. The summed E-state index contributed by atoms with van der Waals surface area (Å²) < 4.78 is 27.0. The van der Waals surface area contributed by atoms with Crippen molar-refractivity contribution >= 4 is 15.9 Å². The van der Waals surface area contributed by atoms with Gasteiger partial charge in [-0.25, -0.2) is 12.7 Å². The fourth-order valence-electron chi connectivity index (χ4n) is 3.39. The third-order valence-corrected chi connectivity index (χ3v) is 5.75. The number of sulfonamides is 1. The van der Waals surface area contributed by atoms with E-state index < -0.39 is 10.0 Å². The molecule has 2 heterocycles. The molecule has 0 aromatic carbocycles. The molecule has 1 aromatic heterocycles. The average Bonchev–Trinajstić information content (AvgIpc) is 2.63. The van der Waals surface area contributed by atoms with Crippen molar-refractivity contribution in [1.82, 2.24) is 13.8 Å². The monoisotopic (exact) mass is 341 g/mol. The largest absolute Gasteiger partial charge is 0.346 e. The lowest BCUT2D eigenvalue weighted by molar-refractivity contribution is 0.0763. The molecule has 0 atom stereocenters. The van der Waals surface area contributed by atoms with Gasteiger partial charge in [-0.2, -0.15) is 0 Å². The van der Waals surface area contributed by atoms with Crippen LogP contribution < -0.4 is 0 Å². The van der Waals surface area contributed by atoms with E-state index in [-0.39, 0.29) is 5.91 Å². The Bertz CT molecular complexity index is 692. The zero-order valence-electron chi connectivity index (χ0n) is 14.7. The van der Waals surface area contributed by atoms with Crippen LogP contribution in [0.15, 0.2) is 6.07 Å². The Labute approximate surface area is 139 Å². The third kappa shape index (κ3) is 3.77. The maximum Gasteiger partial charge on any atom is 0.255 e. The van der Waals surface area contributed by atoms with Crippen LogP contribution in [-0.4, -0.2) is 60.5 Å². The van der Waals surface area contributed by atoms with E-state index in [1.165, 1.54) is 10.6 Å². The van der Waals surface area contributed by atoms with Crippen molar-refractivity contribution in [2.45, 2.75) is 40.2 Å². The van der Waals surface area contributed by atoms with Crippen LogP contribution in [0, 0.1) is 13.8 Å². The van der Waals surface area contributed by atoms with Crippen LogP contribution in [-0.2, 0) is 10.0 Å². The van der Waals surface area contributed by atoms with Gasteiger partial charge < -0.3 is 9.47 Å². The maximum atomic E-state index is 12.9. The Kier molecular flexibility index (Phi) is 5.20. The number of carbonyl (C=O) groups is 1. The van der Waals surface area contributed by atoms with E-state index in [1.54, 1.807) is 4.90 Å². The van der Waals surface area contributed by atoms with E-state index in [2.05, 4.69) is 18.4 Å². The number of amides is 1. The molecule has 23 heavy (non-hydrogen) atoms. The van der Waals surface area contributed by atoms with Crippen molar-refractivity contribution in [3.8, 4) is 0 Å². The van der Waals surface area contributed by atoms with Crippen LogP contribution in [0.1, 0.15) is 48.1 Å². The number of hydrogen-bond acceptors (Lipinski definition) is 3. The highest BCUT2D eigenvalue weighted by atomic mass is 32.2. The van der Waals surface area contributed by atoms with Gasteiger partial charge in [0, 0.05) is 43.6 Å². The Morgan fingerprint density at radius 2 is 1.78 bits per heavy atom. The lowest BCUT2D eigenvalue weighted by Gasteiger charge is -2.21.